The van der Waals surface area contributed by atoms with E-state index in [1.165, 1.54) is 4.88 Å². The van der Waals surface area contributed by atoms with Crippen LogP contribution in [0.4, 0.5) is 0 Å². The summed E-state index contributed by atoms with van der Waals surface area (Å²) in [6, 6.07) is 6.71. The third kappa shape index (κ3) is 4.06. The summed E-state index contributed by atoms with van der Waals surface area (Å²) in [5.74, 6) is 0.0185. The van der Waals surface area contributed by atoms with Crippen molar-refractivity contribution in [1.29, 1.82) is 5.26 Å². The minimum atomic E-state index is 0.0185. The van der Waals surface area contributed by atoms with Gasteiger partial charge in [0.25, 0.3) is 0 Å². The fourth-order valence-corrected chi connectivity index (χ4v) is 3.72. The van der Waals surface area contributed by atoms with Gasteiger partial charge in [0.05, 0.1) is 21.8 Å². The lowest BCUT2D eigenvalue weighted by atomic mass is 10.0. The number of nitriles is 1. The Kier molecular flexibility index (Phi) is 6.30. The summed E-state index contributed by atoms with van der Waals surface area (Å²) in [6.45, 7) is 4.78. The van der Waals surface area contributed by atoms with Crippen LogP contribution < -0.4 is 5.73 Å². The van der Waals surface area contributed by atoms with Gasteiger partial charge in [0.2, 0.25) is 0 Å². The molecule has 1 aromatic heterocycles. The summed E-state index contributed by atoms with van der Waals surface area (Å²) < 4.78 is 1.12. The van der Waals surface area contributed by atoms with Crippen molar-refractivity contribution in [1.82, 2.24) is 4.90 Å². The Morgan fingerprint density at radius 3 is 2.67 bits per heavy atom. The molecule has 0 aliphatic carbocycles. The SMILES string of the molecule is CCC(N)C(c1ccc(Br)s1)N(C)CC(C)C#N. The predicted molar refractivity (Wildman–Crippen MR) is 80.4 cm³/mol. The van der Waals surface area contributed by atoms with E-state index in [0.29, 0.717) is 0 Å². The molecule has 3 nitrogen and oxygen atoms in total. The first-order chi connectivity index (χ1) is 8.49. The Balaban J connectivity index is 2.88. The fraction of sp³-hybridized carbons (Fsp3) is 0.615. The molecule has 1 aromatic rings. The van der Waals surface area contributed by atoms with Gasteiger partial charge in [0.1, 0.15) is 0 Å². The molecular weight excluding hydrogens is 310 g/mol. The highest BCUT2D eigenvalue weighted by Crippen LogP contribution is 2.32. The van der Waals surface area contributed by atoms with E-state index in [1.807, 2.05) is 14.0 Å². The monoisotopic (exact) mass is 329 g/mol. The van der Waals surface area contributed by atoms with Crippen LogP contribution in [0.5, 0.6) is 0 Å². The van der Waals surface area contributed by atoms with Crippen molar-refractivity contribution in [2.75, 3.05) is 13.6 Å². The molecule has 0 radical (unpaired) electrons. The number of nitrogens with two attached hydrogens (primary N) is 1. The third-order valence-electron chi connectivity index (χ3n) is 3.02. The third-order valence-corrected chi connectivity index (χ3v) is 4.71. The van der Waals surface area contributed by atoms with Gasteiger partial charge in [-0.1, -0.05) is 6.92 Å². The van der Waals surface area contributed by atoms with Crippen molar-refractivity contribution in [3.8, 4) is 6.07 Å². The molecular formula is C13H20BrN3S. The highest BCUT2D eigenvalue weighted by molar-refractivity contribution is 9.11. The largest absolute Gasteiger partial charge is 0.326 e. The van der Waals surface area contributed by atoms with Gasteiger partial charge in [-0.3, -0.25) is 4.90 Å². The van der Waals surface area contributed by atoms with Crippen LogP contribution in [0.2, 0.25) is 0 Å². The maximum absolute atomic E-state index is 8.92. The van der Waals surface area contributed by atoms with Gasteiger partial charge in [0, 0.05) is 17.5 Å². The van der Waals surface area contributed by atoms with Gasteiger partial charge in [-0.2, -0.15) is 5.26 Å². The van der Waals surface area contributed by atoms with Gasteiger partial charge < -0.3 is 5.73 Å². The topological polar surface area (TPSA) is 53.0 Å². The summed E-state index contributed by atoms with van der Waals surface area (Å²) >= 11 is 5.21. The van der Waals surface area contributed by atoms with Crippen LogP contribution in [0.3, 0.4) is 0 Å². The molecule has 5 heteroatoms. The number of hydrogen-bond donors (Lipinski definition) is 1. The normalized spacial score (nSPS) is 16.3. The first-order valence-corrected chi connectivity index (χ1v) is 7.71. The maximum atomic E-state index is 8.92. The zero-order valence-corrected chi connectivity index (χ0v) is 13.5. The summed E-state index contributed by atoms with van der Waals surface area (Å²) in [7, 11) is 2.04. The van der Waals surface area contributed by atoms with E-state index in [2.05, 4.69) is 46.0 Å². The summed E-state index contributed by atoms with van der Waals surface area (Å²) in [4.78, 5) is 3.45. The Hall–Kier alpha value is -0.410. The number of hydrogen-bond acceptors (Lipinski definition) is 4. The zero-order valence-electron chi connectivity index (χ0n) is 11.1. The van der Waals surface area contributed by atoms with Crippen molar-refractivity contribution >= 4 is 27.3 Å². The molecule has 0 bridgehead atoms. The molecule has 100 valence electrons. The lowest BCUT2D eigenvalue weighted by Crippen LogP contribution is -2.40. The first-order valence-electron chi connectivity index (χ1n) is 6.10. The molecule has 0 aliphatic rings. The Labute approximate surface area is 122 Å². The highest BCUT2D eigenvalue weighted by atomic mass is 79.9. The van der Waals surface area contributed by atoms with E-state index in [4.69, 9.17) is 11.0 Å². The van der Waals surface area contributed by atoms with Crippen LogP contribution in [-0.2, 0) is 0 Å². The summed E-state index contributed by atoms with van der Waals surface area (Å²) in [5, 5.41) is 8.92. The molecule has 0 saturated heterocycles. The van der Waals surface area contributed by atoms with Crippen molar-refractivity contribution < 1.29 is 0 Å². The maximum Gasteiger partial charge on any atom is 0.0702 e. The molecule has 0 fully saturated rings. The molecule has 0 saturated carbocycles. The van der Waals surface area contributed by atoms with Crippen LogP contribution in [0.15, 0.2) is 15.9 Å². The first kappa shape index (κ1) is 15.6. The van der Waals surface area contributed by atoms with Crippen molar-refractivity contribution in [2.24, 2.45) is 11.7 Å². The molecule has 3 atom stereocenters. The Morgan fingerprint density at radius 2 is 2.22 bits per heavy atom. The molecule has 0 aliphatic heterocycles. The molecule has 3 unspecified atom stereocenters. The number of likely N-dealkylation sites (N-methyl/N-ethyl adjacent to an activating group) is 1. The second-order valence-electron chi connectivity index (χ2n) is 4.63. The van der Waals surface area contributed by atoms with Gasteiger partial charge >= 0.3 is 0 Å². The van der Waals surface area contributed by atoms with E-state index in [1.54, 1.807) is 11.3 Å². The second kappa shape index (κ2) is 7.25. The zero-order chi connectivity index (χ0) is 13.7. The van der Waals surface area contributed by atoms with Crippen molar-refractivity contribution in [3.05, 3.63) is 20.8 Å². The molecule has 0 amide bonds. The average Bonchev–Trinajstić information content (AvgIpc) is 2.75. The molecule has 2 N–H and O–H groups in total. The molecule has 0 aromatic carbocycles. The number of nitrogens with zero attached hydrogens (tertiary/aromatic N) is 2. The molecule has 1 heterocycles. The minimum Gasteiger partial charge on any atom is -0.326 e. The standard InChI is InChI=1S/C13H20BrN3S/c1-4-10(16)13(11-5-6-12(14)18-11)17(3)8-9(2)7-15/h5-6,9-10,13H,4,8,16H2,1-3H3. The lowest BCUT2D eigenvalue weighted by molar-refractivity contribution is 0.200. The van der Waals surface area contributed by atoms with Crippen molar-refractivity contribution in [2.45, 2.75) is 32.4 Å². The van der Waals surface area contributed by atoms with Gasteiger partial charge in [-0.15, -0.1) is 11.3 Å². The smallest absolute Gasteiger partial charge is 0.0702 e. The van der Waals surface area contributed by atoms with E-state index in [0.717, 1.165) is 16.8 Å². The Morgan fingerprint density at radius 1 is 1.56 bits per heavy atom. The number of halogens is 1. The fourth-order valence-electron chi connectivity index (χ4n) is 2.05. The van der Waals surface area contributed by atoms with Crippen LogP contribution in [0.25, 0.3) is 0 Å². The van der Waals surface area contributed by atoms with Gasteiger partial charge in [0.15, 0.2) is 0 Å². The van der Waals surface area contributed by atoms with Gasteiger partial charge in [-0.25, -0.2) is 0 Å². The van der Waals surface area contributed by atoms with E-state index in [-0.39, 0.29) is 18.0 Å². The molecule has 1 rings (SSSR count). The minimum absolute atomic E-state index is 0.0185. The van der Waals surface area contributed by atoms with E-state index >= 15 is 0 Å². The predicted octanol–water partition coefficient (Wildman–Crippen LogP) is 3.38. The van der Waals surface area contributed by atoms with Crippen LogP contribution >= 0.6 is 27.3 Å². The van der Waals surface area contributed by atoms with E-state index < -0.39 is 0 Å². The van der Waals surface area contributed by atoms with Crippen LogP contribution in [0.1, 0.15) is 31.2 Å². The molecule has 18 heavy (non-hydrogen) atoms. The summed E-state index contributed by atoms with van der Waals surface area (Å²) in [6.07, 6.45) is 0.922. The second-order valence-corrected chi connectivity index (χ2v) is 7.12. The average molecular weight is 330 g/mol. The van der Waals surface area contributed by atoms with Crippen molar-refractivity contribution in [3.63, 3.8) is 0 Å². The summed E-state index contributed by atoms with van der Waals surface area (Å²) in [5.41, 5.74) is 6.24. The number of thiophene rings is 1. The van der Waals surface area contributed by atoms with E-state index in [9.17, 15) is 0 Å². The highest BCUT2D eigenvalue weighted by Gasteiger charge is 2.25. The van der Waals surface area contributed by atoms with Gasteiger partial charge in [-0.05, 0) is 48.5 Å². The Bertz CT molecular complexity index is 413. The molecule has 0 spiro atoms. The lowest BCUT2D eigenvalue weighted by Gasteiger charge is -2.32. The number of rotatable bonds is 6. The van der Waals surface area contributed by atoms with Crippen LogP contribution in [-0.4, -0.2) is 24.5 Å². The quantitative estimate of drug-likeness (QED) is 0.870. The van der Waals surface area contributed by atoms with Crippen LogP contribution in [0, 0.1) is 17.2 Å².